The predicted octanol–water partition coefficient (Wildman–Crippen LogP) is 14.5. The lowest BCUT2D eigenvalue weighted by atomic mass is 9.82. The van der Waals surface area contributed by atoms with Gasteiger partial charge in [0.25, 0.3) is 0 Å². The van der Waals surface area contributed by atoms with Crippen molar-refractivity contribution < 1.29 is 4.39 Å². The van der Waals surface area contributed by atoms with E-state index in [9.17, 15) is 4.39 Å². The Bertz CT molecular complexity index is 2940. The summed E-state index contributed by atoms with van der Waals surface area (Å²) in [4.78, 5) is 0. The Morgan fingerprint density at radius 2 is 0.784 bits per heavy atom. The molecule has 0 aromatic heterocycles. The van der Waals surface area contributed by atoms with E-state index in [-0.39, 0.29) is 11.2 Å². The van der Waals surface area contributed by atoms with Crippen molar-refractivity contribution in [2.24, 2.45) is 0 Å². The van der Waals surface area contributed by atoms with Crippen LogP contribution in [0.5, 0.6) is 0 Å². The molecule has 10 aromatic rings. The molecule has 0 saturated heterocycles. The summed E-state index contributed by atoms with van der Waals surface area (Å²) in [6, 6.07) is 56.5. The highest BCUT2D eigenvalue weighted by Crippen LogP contribution is 2.48. The fourth-order valence-electron chi connectivity index (χ4n) is 8.62. The highest BCUT2D eigenvalue weighted by Gasteiger charge is 2.21. The van der Waals surface area contributed by atoms with E-state index in [2.05, 4.69) is 142 Å². The highest BCUT2D eigenvalue weighted by molar-refractivity contribution is 6.31. The smallest absolute Gasteiger partial charge is 0.131 e. The molecule has 0 nitrogen and oxygen atoms in total. The topological polar surface area (TPSA) is 0 Å². The Labute approximate surface area is 296 Å². The number of benzene rings is 10. The van der Waals surface area contributed by atoms with E-state index in [0.717, 1.165) is 16.5 Å². The first-order chi connectivity index (χ1) is 24.9. The third-order valence-electron chi connectivity index (χ3n) is 11.1. The minimum atomic E-state index is -0.191. The molecule has 0 heterocycles. The Kier molecular flexibility index (Phi) is 6.42. The first kappa shape index (κ1) is 29.8. The zero-order valence-corrected chi connectivity index (χ0v) is 28.9. The predicted molar refractivity (Wildman–Crippen MR) is 218 cm³/mol. The van der Waals surface area contributed by atoms with Crippen LogP contribution >= 0.6 is 0 Å². The average molecular weight is 655 g/mol. The van der Waals surface area contributed by atoms with Crippen LogP contribution in [0.3, 0.4) is 0 Å². The fraction of sp³-hybridized carbons (Fsp3) is 0.0800. The average Bonchev–Trinajstić information content (AvgIpc) is 3.16. The maximum absolute atomic E-state index is 14.9. The summed E-state index contributed by atoms with van der Waals surface area (Å²) in [7, 11) is 0. The van der Waals surface area contributed by atoms with Crippen molar-refractivity contribution in [3.8, 4) is 33.4 Å². The molecule has 1 heteroatoms. The molecular weight excluding hydrogens is 620 g/mol. The first-order valence-corrected chi connectivity index (χ1v) is 17.8. The molecule has 0 radical (unpaired) electrons. The molecule has 0 unspecified atom stereocenters. The lowest BCUT2D eigenvalue weighted by Crippen LogP contribution is -2.10. The first-order valence-electron chi connectivity index (χ1n) is 17.8. The third-order valence-corrected chi connectivity index (χ3v) is 11.1. The fourth-order valence-corrected chi connectivity index (χ4v) is 8.62. The van der Waals surface area contributed by atoms with Gasteiger partial charge in [-0.2, -0.15) is 0 Å². The molecule has 0 N–H and O–H groups in total. The van der Waals surface area contributed by atoms with E-state index in [1.165, 1.54) is 81.7 Å². The molecule has 0 atom stereocenters. The lowest BCUT2D eigenvalue weighted by Gasteiger charge is -2.22. The number of fused-ring (bicyclic) bond motifs is 3. The van der Waals surface area contributed by atoms with Gasteiger partial charge in [0.2, 0.25) is 0 Å². The molecule has 51 heavy (non-hydrogen) atoms. The number of hydrogen-bond acceptors (Lipinski definition) is 0. The normalized spacial score (nSPS) is 12.3. The molecule has 0 aliphatic carbocycles. The van der Waals surface area contributed by atoms with Gasteiger partial charge < -0.3 is 0 Å². The van der Waals surface area contributed by atoms with Gasteiger partial charge in [0, 0.05) is 5.39 Å². The minimum absolute atomic E-state index is 0.0924. The summed E-state index contributed by atoms with van der Waals surface area (Å²) in [5.74, 6) is -0.191. The summed E-state index contributed by atoms with van der Waals surface area (Å²) in [6.07, 6.45) is 0. The van der Waals surface area contributed by atoms with E-state index in [0.29, 0.717) is 5.39 Å². The maximum atomic E-state index is 14.9. The molecule has 242 valence electrons. The second kappa shape index (κ2) is 11.0. The molecule has 0 spiro atoms. The summed E-state index contributed by atoms with van der Waals surface area (Å²) < 4.78 is 14.9. The van der Waals surface area contributed by atoms with Gasteiger partial charge in [0.15, 0.2) is 0 Å². The number of hydrogen-bond donors (Lipinski definition) is 0. The van der Waals surface area contributed by atoms with Crippen molar-refractivity contribution in [3.63, 3.8) is 0 Å². The van der Waals surface area contributed by atoms with Crippen LogP contribution < -0.4 is 0 Å². The molecule has 10 rings (SSSR count). The minimum Gasteiger partial charge on any atom is -0.206 e. The number of rotatable bonds is 3. The largest absolute Gasteiger partial charge is 0.206 e. The van der Waals surface area contributed by atoms with E-state index in [1.807, 2.05) is 30.3 Å². The van der Waals surface area contributed by atoms with Gasteiger partial charge in [-0.3, -0.25) is 0 Å². The zero-order chi connectivity index (χ0) is 34.4. The summed E-state index contributed by atoms with van der Waals surface area (Å²) in [6.45, 7) is 6.80. The maximum Gasteiger partial charge on any atom is 0.131 e. The Morgan fingerprint density at radius 1 is 0.353 bits per heavy atom. The zero-order valence-electron chi connectivity index (χ0n) is 28.9. The monoisotopic (exact) mass is 654 g/mol. The van der Waals surface area contributed by atoms with E-state index >= 15 is 0 Å². The van der Waals surface area contributed by atoms with Gasteiger partial charge in [-0.05, 0) is 110 Å². The summed E-state index contributed by atoms with van der Waals surface area (Å²) in [5, 5.41) is 14.0. The van der Waals surface area contributed by atoms with Crippen molar-refractivity contribution >= 4 is 64.6 Å². The second-order valence-corrected chi connectivity index (χ2v) is 15.0. The Balaban J connectivity index is 1.27. The van der Waals surface area contributed by atoms with Gasteiger partial charge in [-0.15, -0.1) is 0 Å². The van der Waals surface area contributed by atoms with E-state index in [1.54, 1.807) is 6.07 Å². The highest BCUT2D eigenvalue weighted by atomic mass is 19.1. The van der Waals surface area contributed by atoms with E-state index < -0.39 is 0 Å². The van der Waals surface area contributed by atoms with Crippen molar-refractivity contribution in [1.29, 1.82) is 0 Å². The van der Waals surface area contributed by atoms with Crippen LogP contribution in [0.2, 0.25) is 0 Å². The molecule has 0 fully saturated rings. The van der Waals surface area contributed by atoms with Crippen LogP contribution in [-0.4, -0.2) is 0 Å². The molecule has 0 aliphatic rings. The van der Waals surface area contributed by atoms with Gasteiger partial charge >= 0.3 is 0 Å². The molecule has 0 saturated carbocycles. The van der Waals surface area contributed by atoms with Crippen LogP contribution in [0.25, 0.3) is 98.0 Å². The van der Waals surface area contributed by atoms with E-state index in [4.69, 9.17) is 0 Å². The Hall–Kier alpha value is -6.05. The van der Waals surface area contributed by atoms with Crippen LogP contribution in [0.4, 0.5) is 4.39 Å². The second-order valence-electron chi connectivity index (χ2n) is 15.0. The lowest BCUT2D eigenvalue weighted by molar-refractivity contribution is 0.590. The third kappa shape index (κ3) is 4.44. The Morgan fingerprint density at radius 3 is 1.35 bits per heavy atom. The summed E-state index contributed by atoms with van der Waals surface area (Å²) >= 11 is 0. The van der Waals surface area contributed by atoms with Crippen LogP contribution in [-0.2, 0) is 5.41 Å². The quantitative estimate of drug-likeness (QED) is 0.131. The van der Waals surface area contributed by atoms with Crippen LogP contribution in [0.1, 0.15) is 26.3 Å². The molecule has 0 aliphatic heterocycles. The van der Waals surface area contributed by atoms with Gasteiger partial charge in [-0.1, -0.05) is 172 Å². The molecule has 0 amide bonds. The molecule has 0 bridgehead atoms. The SMILES string of the molecule is CC(C)(C)c1ccc(-c2c3ccccc3c(-c3ccc4ccc5c(-c6ccc(F)c7ccccc67)ccc6ccc3c4c65)c3ccccc23)cc1. The molecule has 10 aromatic carbocycles. The van der Waals surface area contributed by atoms with Gasteiger partial charge in [0.1, 0.15) is 5.82 Å². The van der Waals surface area contributed by atoms with Gasteiger partial charge in [-0.25, -0.2) is 4.39 Å². The van der Waals surface area contributed by atoms with Crippen LogP contribution in [0, 0.1) is 5.82 Å². The standard InChI is InChI=1S/C50H35F/c1-50(2,3)33-22-16-30(17-23-33)46-38-12-6-8-14-40(38)49(41-15-9-7-13-39(41)46)44-27-21-32-19-25-42-36(24-18-31-20-26-43(44)48(32)47(31)42)35-28-29-45(51)37-11-5-4-10-34(35)37/h4-29H,1-3H3. The van der Waals surface area contributed by atoms with Crippen LogP contribution in [0.15, 0.2) is 158 Å². The number of halogens is 1. The van der Waals surface area contributed by atoms with Crippen molar-refractivity contribution in [2.45, 2.75) is 26.2 Å². The van der Waals surface area contributed by atoms with Crippen molar-refractivity contribution in [2.75, 3.05) is 0 Å². The molecular formula is C50H35F. The van der Waals surface area contributed by atoms with Crippen molar-refractivity contribution in [1.82, 2.24) is 0 Å². The van der Waals surface area contributed by atoms with Gasteiger partial charge in [0.05, 0.1) is 0 Å². The summed E-state index contributed by atoms with van der Waals surface area (Å²) in [5.41, 5.74) is 8.60. The van der Waals surface area contributed by atoms with Crippen molar-refractivity contribution in [3.05, 3.63) is 169 Å².